The summed E-state index contributed by atoms with van der Waals surface area (Å²) < 4.78 is 0. The summed E-state index contributed by atoms with van der Waals surface area (Å²) in [4.78, 5) is 18.3. The number of ketones is 1. The van der Waals surface area contributed by atoms with E-state index in [9.17, 15) is 4.79 Å². The Morgan fingerprint density at radius 1 is 1.59 bits per heavy atom. The zero-order valence-corrected chi connectivity index (χ0v) is 10.5. The number of pyridine rings is 1. The molecule has 0 radical (unpaired) electrons. The first kappa shape index (κ1) is 11.2. The Morgan fingerprint density at radius 3 is 3.06 bits per heavy atom. The largest absolute Gasteiger partial charge is 0.298 e. The Hall–Kier alpha value is -0.930. The fourth-order valence-electron chi connectivity index (χ4n) is 3.38. The number of halogens is 1. The monoisotopic (exact) mass is 250 g/mol. The van der Waals surface area contributed by atoms with Gasteiger partial charge in [-0.1, -0.05) is 11.6 Å². The van der Waals surface area contributed by atoms with Gasteiger partial charge >= 0.3 is 0 Å². The number of hydrogen-bond acceptors (Lipinski definition) is 3. The van der Waals surface area contributed by atoms with E-state index in [-0.39, 0.29) is 17.9 Å². The lowest BCUT2D eigenvalue weighted by atomic mass is 9.94. The smallest absolute Gasteiger partial charge is 0.147 e. The number of nitrogens with zero attached hydrogens (tertiary/aromatic N) is 2. The molecule has 0 spiro atoms. The van der Waals surface area contributed by atoms with E-state index in [4.69, 9.17) is 11.6 Å². The standard InChI is InChI=1S/C13H15ClN2O/c1-8(17)13-9-4-6-16(13)11(7-9)12-10(14)3-2-5-15-12/h2-3,5,9,11,13H,4,6-7H2,1H3. The molecule has 0 saturated carbocycles. The molecular formula is C13H15ClN2O. The summed E-state index contributed by atoms with van der Waals surface area (Å²) in [6.07, 6.45) is 3.92. The number of piperidine rings is 1. The van der Waals surface area contributed by atoms with Crippen LogP contribution in [0, 0.1) is 5.92 Å². The fraction of sp³-hybridized carbons (Fsp3) is 0.538. The SMILES string of the molecule is CC(=O)C1C2CCN1C(c1ncccc1Cl)C2. The van der Waals surface area contributed by atoms with Gasteiger partial charge in [-0.25, -0.2) is 0 Å². The van der Waals surface area contributed by atoms with E-state index in [2.05, 4.69) is 9.88 Å². The normalized spacial score (nSPS) is 35.2. The second-order valence-corrected chi connectivity index (χ2v) is 5.37. The fourth-order valence-corrected chi connectivity index (χ4v) is 3.63. The molecule has 0 aliphatic carbocycles. The summed E-state index contributed by atoms with van der Waals surface area (Å²) in [5.74, 6) is 0.776. The molecule has 2 aliphatic heterocycles. The molecule has 0 aromatic carbocycles. The predicted octanol–water partition coefficient (Wildman–Crippen LogP) is 2.46. The van der Waals surface area contributed by atoms with Crippen LogP contribution in [-0.2, 0) is 4.79 Å². The van der Waals surface area contributed by atoms with Crippen LogP contribution in [0.15, 0.2) is 18.3 Å². The minimum absolute atomic E-state index is 0.0954. The summed E-state index contributed by atoms with van der Waals surface area (Å²) in [5, 5.41) is 0.715. The molecule has 2 aliphatic rings. The van der Waals surface area contributed by atoms with E-state index in [0.29, 0.717) is 10.9 Å². The molecule has 4 atom stereocenters. The Kier molecular flexibility index (Phi) is 2.68. The molecule has 4 heteroatoms. The summed E-state index contributed by atoms with van der Waals surface area (Å²) in [6.45, 7) is 2.69. The number of hydrogen-bond donors (Lipinski definition) is 0. The van der Waals surface area contributed by atoms with Crippen LogP contribution < -0.4 is 0 Å². The Morgan fingerprint density at radius 2 is 2.41 bits per heavy atom. The van der Waals surface area contributed by atoms with Gasteiger partial charge in [-0.3, -0.25) is 14.7 Å². The molecule has 1 aromatic rings. The van der Waals surface area contributed by atoms with Crippen LogP contribution in [0.25, 0.3) is 0 Å². The van der Waals surface area contributed by atoms with Gasteiger partial charge in [0.25, 0.3) is 0 Å². The van der Waals surface area contributed by atoms with Crippen molar-refractivity contribution in [2.45, 2.75) is 31.8 Å². The minimum Gasteiger partial charge on any atom is -0.298 e. The Bertz CT molecular complexity index is 462. The van der Waals surface area contributed by atoms with E-state index in [1.54, 1.807) is 13.1 Å². The van der Waals surface area contributed by atoms with Crippen LogP contribution in [-0.4, -0.2) is 28.3 Å². The number of aromatic nitrogens is 1. The van der Waals surface area contributed by atoms with Crippen molar-refractivity contribution in [2.24, 2.45) is 5.92 Å². The summed E-state index contributed by atoms with van der Waals surface area (Å²) in [7, 11) is 0. The van der Waals surface area contributed by atoms with E-state index in [1.807, 2.05) is 12.1 Å². The molecule has 0 amide bonds. The Labute approximate surface area is 106 Å². The summed E-state index contributed by atoms with van der Waals surface area (Å²) in [5.41, 5.74) is 0.933. The first-order valence-corrected chi connectivity index (χ1v) is 6.43. The quantitative estimate of drug-likeness (QED) is 0.809. The van der Waals surface area contributed by atoms with E-state index >= 15 is 0 Å². The molecular weight excluding hydrogens is 236 g/mol. The highest BCUT2D eigenvalue weighted by molar-refractivity contribution is 6.31. The van der Waals surface area contributed by atoms with Crippen LogP contribution in [0.1, 0.15) is 31.5 Å². The van der Waals surface area contributed by atoms with Crippen molar-refractivity contribution in [3.05, 3.63) is 29.0 Å². The third-order valence-electron chi connectivity index (χ3n) is 4.01. The number of carbonyl (C=O) groups excluding carboxylic acids is 1. The zero-order valence-electron chi connectivity index (χ0n) is 9.77. The van der Waals surface area contributed by atoms with Gasteiger partial charge in [0.05, 0.1) is 22.8 Å². The average molecular weight is 251 g/mol. The lowest BCUT2D eigenvalue weighted by molar-refractivity contribution is -0.121. The van der Waals surface area contributed by atoms with Crippen molar-refractivity contribution in [3.63, 3.8) is 0 Å². The number of rotatable bonds is 2. The molecule has 3 rings (SSSR count). The predicted molar refractivity (Wildman–Crippen MR) is 65.9 cm³/mol. The molecule has 1 aromatic heterocycles. The molecule has 3 nitrogen and oxygen atoms in total. The van der Waals surface area contributed by atoms with Crippen LogP contribution in [0.2, 0.25) is 5.02 Å². The van der Waals surface area contributed by atoms with Gasteiger partial charge in [0, 0.05) is 6.20 Å². The first-order valence-electron chi connectivity index (χ1n) is 6.05. The van der Waals surface area contributed by atoms with E-state index < -0.39 is 0 Å². The third-order valence-corrected chi connectivity index (χ3v) is 4.33. The van der Waals surface area contributed by atoms with Crippen molar-refractivity contribution in [1.29, 1.82) is 0 Å². The molecule has 2 bridgehead atoms. The number of Topliss-reactive ketones (excluding diaryl/α,β-unsaturated/α-hetero) is 1. The molecule has 90 valence electrons. The van der Waals surface area contributed by atoms with Crippen molar-refractivity contribution >= 4 is 17.4 Å². The highest BCUT2D eigenvalue weighted by Crippen LogP contribution is 2.47. The zero-order chi connectivity index (χ0) is 12.0. The lowest BCUT2D eigenvalue weighted by Gasteiger charge is -2.26. The molecule has 4 unspecified atom stereocenters. The maximum Gasteiger partial charge on any atom is 0.147 e. The van der Waals surface area contributed by atoms with Crippen LogP contribution in [0.3, 0.4) is 0 Å². The van der Waals surface area contributed by atoms with Crippen molar-refractivity contribution in [2.75, 3.05) is 6.54 Å². The van der Waals surface area contributed by atoms with Gasteiger partial charge in [-0.05, 0) is 44.4 Å². The average Bonchev–Trinajstić information content (AvgIpc) is 2.86. The maximum absolute atomic E-state index is 11.7. The summed E-state index contributed by atoms with van der Waals surface area (Å²) in [6, 6.07) is 4.05. The van der Waals surface area contributed by atoms with E-state index in [1.165, 1.54) is 0 Å². The second-order valence-electron chi connectivity index (χ2n) is 4.96. The van der Waals surface area contributed by atoms with Gasteiger partial charge < -0.3 is 0 Å². The second kappa shape index (κ2) is 4.07. The topological polar surface area (TPSA) is 33.2 Å². The number of fused-ring (bicyclic) bond motifs is 2. The van der Waals surface area contributed by atoms with E-state index in [0.717, 1.165) is 25.1 Å². The highest BCUT2D eigenvalue weighted by atomic mass is 35.5. The van der Waals surface area contributed by atoms with Crippen LogP contribution >= 0.6 is 11.6 Å². The van der Waals surface area contributed by atoms with Crippen LogP contribution in [0.4, 0.5) is 0 Å². The van der Waals surface area contributed by atoms with Gasteiger partial charge in [0.1, 0.15) is 5.78 Å². The molecule has 2 saturated heterocycles. The summed E-state index contributed by atoms with van der Waals surface area (Å²) >= 11 is 6.19. The van der Waals surface area contributed by atoms with Crippen LogP contribution in [0.5, 0.6) is 0 Å². The van der Waals surface area contributed by atoms with Gasteiger partial charge in [-0.2, -0.15) is 0 Å². The third kappa shape index (κ3) is 1.69. The molecule has 17 heavy (non-hydrogen) atoms. The van der Waals surface area contributed by atoms with Gasteiger partial charge in [-0.15, -0.1) is 0 Å². The van der Waals surface area contributed by atoms with Gasteiger partial charge in [0.2, 0.25) is 0 Å². The minimum atomic E-state index is 0.0954. The number of carbonyl (C=O) groups is 1. The van der Waals surface area contributed by atoms with Crippen molar-refractivity contribution < 1.29 is 4.79 Å². The highest BCUT2D eigenvalue weighted by Gasteiger charge is 2.49. The molecule has 2 fully saturated rings. The van der Waals surface area contributed by atoms with Crippen molar-refractivity contribution in [3.8, 4) is 0 Å². The molecule has 3 heterocycles. The lowest BCUT2D eigenvalue weighted by Crippen LogP contribution is -2.33. The first-order chi connectivity index (χ1) is 8.18. The Balaban J connectivity index is 1.93. The van der Waals surface area contributed by atoms with Crippen molar-refractivity contribution in [1.82, 2.24) is 9.88 Å². The molecule has 0 N–H and O–H groups in total. The van der Waals surface area contributed by atoms with Gasteiger partial charge in [0.15, 0.2) is 0 Å². The maximum atomic E-state index is 11.7.